The minimum atomic E-state index is -3.92. The zero-order valence-electron chi connectivity index (χ0n) is 14.7. The molecule has 1 aliphatic rings. The van der Waals surface area contributed by atoms with Gasteiger partial charge < -0.3 is 9.63 Å². The van der Waals surface area contributed by atoms with E-state index in [-0.39, 0.29) is 36.0 Å². The van der Waals surface area contributed by atoms with Crippen LogP contribution in [0.1, 0.15) is 31.8 Å². The molecule has 3 rings (SSSR count). The molecular formula is C18H15BrF2NO6P. The molecule has 1 aliphatic heterocycles. The number of hydrogen-bond acceptors (Lipinski definition) is 5. The lowest BCUT2D eigenvalue weighted by atomic mass is 10.1. The minimum absolute atomic E-state index is 0.0211. The van der Waals surface area contributed by atoms with E-state index < -0.39 is 19.9 Å². The number of hydrogen-bond donors (Lipinski definition) is 1. The minimum Gasteiger partial charge on any atom is -0.375 e. The maximum Gasteiger partial charge on any atom is 0.390 e. The van der Waals surface area contributed by atoms with Crippen LogP contribution in [0.4, 0.5) is 8.78 Å². The molecule has 0 saturated carbocycles. The van der Waals surface area contributed by atoms with Gasteiger partial charge in [-0.3, -0.25) is 19.1 Å². The third-order valence-electron chi connectivity index (χ3n) is 4.17. The largest absolute Gasteiger partial charge is 0.390 e. The first kappa shape index (κ1) is 21.7. The topological polar surface area (TPSA) is 93.1 Å². The summed E-state index contributed by atoms with van der Waals surface area (Å²) in [6, 6.07) is 10.3. The van der Waals surface area contributed by atoms with E-state index in [2.05, 4.69) is 20.5 Å². The highest BCUT2D eigenvalue weighted by atomic mass is 79.9. The summed E-state index contributed by atoms with van der Waals surface area (Å²) in [6.07, 6.45) is -3.92. The van der Waals surface area contributed by atoms with Crippen LogP contribution >= 0.6 is 24.2 Å². The molecule has 0 saturated heterocycles. The van der Waals surface area contributed by atoms with Crippen molar-refractivity contribution in [2.75, 3.05) is 13.2 Å². The lowest BCUT2D eigenvalue weighted by molar-refractivity contribution is -0.186. The Bertz CT molecular complexity index is 952. The number of nitrogens with zero attached hydrogens (tertiary/aromatic N) is 1. The number of benzene rings is 2. The number of rotatable bonds is 8. The first-order chi connectivity index (χ1) is 13.7. The number of halogens is 3. The Morgan fingerprint density at radius 2 is 1.72 bits per heavy atom. The fourth-order valence-electron chi connectivity index (χ4n) is 2.84. The summed E-state index contributed by atoms with van der Waals surface area (Å²) in [7, 11) is -3.82. The fraction of sp³-hybridized carbons (Fsp3) is 0.222. The number of carbonyl (C=O) groups excluding carboxylic acids is 2. The Kier molecular flexibility index (Phi) is 6.60. The molecule has 1 N–H and O–H groups in total. The number of imide groups is 1. The molecule has 2 aromatic rings. The first-order valence-electron chi connectivity index (χ1n) is 8.32. The van der Waals surface area contributed by atoms with Gasteiger partial charge in [0, 0.05) is 4.47 Å². The van der Waals surface area contributed by atoms with Crippen molar-refractivity contribution in [3.05, 3.63) is 69.2 Å². The number of carbonyl (C=O) groups is 2. The van der Waals surface area contributed by atoms with Gasteiger partial charge in [0.2, 0.25) is 0 Å². The van der Waals surface area contributed by atoms with Crippen molar-refractivity contribution in [3.63, 3.8) is 0 Å². The Morgan fingerprint density at radius 1 is 1.10 bits per heavy atom. The molecule has 29 heavy (non-hydrogen) atoms. The molecule has 2 aromatic carbocycles. The lowest BCUT2D eigenvalue weighted by Gasteiger charge is -2.17. The summed E-state index contributed by atoms with van der Waals surface area (Å²) in [5.74, 6) is -0.765. The second kappa shape index (κ2) is 8.81. The molecule has 7 nitrogen and oxygen atoms in total. The molecule has 0 bridgehead atoms. The summed E-state index contributed by atoms with van der Waals surface area (Å²) >= 11 is 2.98. The second-order valence-electron chi connectivity index (χ2n) is 6.06. The van der Waals surface area contributed by atoms with Crippen molar-refractivity contribution in [2.45, 2.75) is 12.7 Å². The highest BCUT2D eigenvalue weighted by Crippen LogP contribution is 2.41. The van der Waals surface area contributed by atoms with E-state index in [1.54, 1.807) is 24.3 Å². The fourth-order valence-corrected chi connectivity index (χ4v) is 3.82. The molecule has 1 heterocycles. The molecule has 154 valence electrons. The normalized spacial score (nSPS) is 15.0. The third kappa shape index (κ3) is 4.79. The highest BCUT2D eigenvalue weighted by Gasteiger charge is 2.37. The van der Waals surface area contributed by atoms with Gasteiger partial charge in [0.05, 0.1) is 36.4 Å². The third-order valence-corrected chi connectivity index (χ3v) is 5.26. The van der Waals surface area contributed by atoms with E-state index >= 15 is 0 Å². The summed E-state index contributed by atoms with van der Waals surface area (Å²) < 4.78 is 47.3. The molecule has 0 radical (unpaired) electrons. The van der Waals surface area contributed by atoms with Crippen LogP contribution in [0.3, 0.4) is 0 Å². The van der Waals surface area contributed by atoms with E-state index in [1.165, 1.54) is 12.1 Å². The predicted octanol–water partition coefficient (Wildman–Crippen LogP) is 3.71. The van der Waals surface area contributed by atoms with Crippen LogP contribution in [0.5, 0.6) is 0 Å². The Hall–Kier alpha value is -1.97. The lowest BCUT2D eigenvalue weighted by Crippen LogP contribution is -2.33. The Morgan fingerprint density at radius 3 is 2.28 bits per heavy atom. The van der Waals surface area contributed by atoms with Crippen LogP contribution in [0, 0.1) is 0 Å². The molecular weight excluding hydrogens is 475 g/mol. The predicted molar refractivity (Wildman–Crippen MR) is 102 cm³/mol. The molecule has 0 aromatic heterocycles. The highest BCUT2D eigenvalue weighted by molar-refractivity contribution is 9.10. The molecule has 0 spiro atoms. The molecule has 1 atom stereocenters. The molecule has 2 amide bonds. The van der Waals surface area contributed by atoms with Gasteiger partial charge in [-0.15, -0.1) is 0 Å². The van der Waals surface area contributed by atoms with Crippen molar-refractivity contribution in [1.29, 1.82) is 0 Å². The van der Waals surface area contributed by atoms with Gasteiger partial charge in [-0.1, -0.05) is 34.1 Å². The number of fused-ring (bicyclic) bond motifs is 1. The van der Waals surface area contributed by atoms with Crippen LogP contribution in [-0.2, 0) is 26.5 Å². The molecule has 11 heteroatoms. The summed E-state index contributed by atoms with van der Waals surface area (Å²) in [5.41, 5.74) is 0.645. The average molecular weight is 490 g/mol. The van der Waals surface area contributed by atoms with Crippen LogP contribution in [0.15, 0.2) is 46.9 Å². The van der Waals surface area contributed by atoms with Crippen molar-refractivity contribution >= 4 is 36.0 Å². The maximum atomic E-state index is 13.8. The van der Waals surface area contributed by atoms with Gasteiger partial charge in [-0.25, -0.2) is 4.52 Å². The van der Waals surface area contributed by atoms with Gasteiger partial charge in [0.15, 0.2) is 0 Å². The van der Waals surface area contributed by atoms with E-state index in [0.29, 0.717) is 16.7 Å². The second-order valence-corrected chi connectivity index (χ2v) is 7.65. The van der Waals surface area contributed by atoms with Gasteiger partial charge >= 0.3 is 14.4 Å². The van der Waals surface area contributed by atoms with Crippen LogP contribution < -0.4 is 0 Å². The number of alkyl halides is 2. The molecule has 0 fully saturated rings. The monoisotopic (exact) mass is 489 g/mol. The molecule has 0 aliphatic carbocycles. The average Bonchev–Trinajstić information content (AvgIpc) is 2.89. The summed E-state index contributed by atoms with van der Waals surface area (Å²) in [5, 5.41) is 0. The quantitative estimate of drug-likeness (QED) is 0.345. The smallest absolute Gasteiger partial charge is 0.375 e. The standard InChI is InChI=1S/C18H15BrF2NO6P/c19-15-9-11(5-6-14(15)18(20,21)28-29(25)26)10-27-8-7-22-16(23)12-3-1-2-4-13(12)17(22)24/h1-6,9,29H,7-8,10H2,(H,25,26). The summed E-state index contributed by atoms with van der Waals surface area (Å²) in [4.78, 5) is 34.2. The number of ether oxygens (including phenoxy) is 1. The Balaban J connectivity index is 1.55. The van der Waals surface area contributed by atoms with E-state index in [9.17, 15) is 22.9 Å². The SMILES string of the molecule is O=C1c2ccccc2C(=O)N1CCOCc1ccc(C(F)(F)O[PH](=O)O)c(Br)c1. The Labute approximate surface area is 173 Å². The molecule has 1 unspecified atom stereocenters. The van der Waals surface area contributed by atoms with Crippen LogP contribution in [0.25, 0.3) is 0 Å². The van der Waals surface area contributed by atoms with Crippen molar-refractivity contribution in [3.8, 4) is 0 Å². The zero-order valence-corrected chi connectivity index (χ0v) is 17.3. The van der Waals surface area contributed by atoms with Crippen molar-refractivity contribution < 1.29 is 37.1 Å². The van der Waals surface area contributed by atoms with Gasteiger partial charge in [0.1, 0.15) is 0 Å². The van der Waals surface area contributed by atoms with E-state index in [0.717, 1.165) is 11.0 Å². The zero-order chi connectivity index (χ0) is 21.2. The summed E-state index contributed by atoms with van der Waals surface area (Å²) in [6.45, 7) is 0.171. The maximum absolute atomic E-state index is 13.8. The van der Waals surface area contributed by atoms with Crippen LogP contribution in [0.2, 0.25) is 0 Å². The van der Waals surface area contributed by atoms with Crippen LogP contribution in [-0.4, -0.2) is 34.8 Å². The first-order valence-corrected chi connectivity index (χ1v) is 10.4. The van der Waals surface area contributed by atoms with Crippen molar-refractivity contribution in [1.82, 2.24) is 4.90 Å². The van der Waals surface area contributed by atoms with Gasteiger partial charge in [-0.2, -0.15) is 8.78 Å². The number of amides is 2. The van der Waals surface area contributed by atoms with Crippen molar-refractivity contribution in [2.24, 2.45) is 0 Å². The van der Waals surface area contributed by atoms with Gasteiger partial charge in [-0.05, 0) is 29.8 Å². The van der Waals surface area contributed by atoms with Gasteiger partial charge in [0.25, 0.3) is 11.8 Å². The van der Waals surface area contributed by atoms with E-state index in [1.807, 2.05) is 0 Å². The van der Waals surface area contributed by atoms with E-state index in [4.69, 9.17) is 9.63 Å².